The number of morpholine rings is 1. The number of hydrogen-bond acceptors (Lipinski definition) is 8. The third kappa shape index (κ3) is 4.92. The van der Waals surface area contributed by atoms with E-state index in [4.69, 9.17) is 14.7 Å². The molecule has 0 unspecified atom stereocenters. The van der Waals surface area contributed by atoms with Gasteiger partial charge in [0.1, 0.15) is 17.0 Å². The zero-order valence-corrected chi connectivity index (χ0v) is 18.8. The molecule has 1 aliphatic heterocycles. The number of ether oxygens (including phenoxy) is 2. The quantitative estimate of drug-likeness (QED) is 0.621. The van der Waals surface area contributed by atoms with Crippen molar-refractivity contribution in [2.45, 2.75) is 37.8 Å². The standard InChI is InChI=1S/C25H26N6O3/c26-16-17-5-6-27-22(13-17)25(32)30-18-1-3-20(4-2-18)34-23-15-19(31-9-11-33-12-10-31)14-21-24(23)29-8-7-28-21/h5-8,13-15,18,20H,1-4,9-12H2,(H,30,32). The molecule has 1 aromatic carbocycles. The molecule has 1 saturated carbocycles. The van der Waals surface area contributed by atoms with E-state index < -0.39 is 0 Å². The topological polar surface area (TPSA) is 113 Å². The highest BCUT2D eigenvalue weighted by atomic mass is 16.5. The lowest BCUT2D eigenvalue weighted by Crippen LogP contribution is -2.40. The highest BCUT2D eigenvalue weighted by Crippen LogP contribution is 2.33. The van der Waals surface area contributed by atoms with Gasteiger partial charge in [0.25, 0.3) is 5.91 Å². The second-order valence-corrected chi connectivity index (χ2v) is 8.57. The number of nitrogens with zero attached hydrogens (tertiary/aromatic N) is 5. The van der Waals surface area contributed by atoms with E-state index in [1.165, 1.54) is 12.3 Å². The summed E-state index contributed by atoms with van der Waals surface area (Å²) in [6.45, 7) is 3.09. The van der Waals surface area contributed by atoms with Crippen molar-refractivity contribution in [2.75, 3.05) is 31.2 Å². The second kappa shape index (κ2) is 10.0. The van der Waals surface area contributed by atoms with Gasteiger partial charge in [-0.2, -0.15) is 5.26 Å². The summed E-state index contributed by atoms with van der Waals surface area (Å²) in [6, 6.07) is 9.30. The van der Waals surface area contributed by atoms with E-state index in [0.717, 1.165) is 61.2 Å². The lowest BCUT2D eigenvalue weighted by atomic mass is 9.92. The molecular weight excluding hydrogens is 432 g/mol. The molecule has 34 heavy (non-hydrogen) atoms. The largest absolute Gasteiger partial charge is 0.488 e. The third-order valence-corrected chi connectivity index (χ3v) is 6.32. The molecule has 1 saturated heterocycles. The van der Waals surface area contributed by atoms with Gasteiger partial charge in [-0.3, -0.25) is 14.8 Å². The minimum atomic E-state index is -0.249. The molecule has 0 radical (unpaired) electrons. The summed E-state index contributed by atoms with van der Waals surface area (Å²) < 4.78 is 11.9. The summed E-state index contributed by atoms with van der Waals surface area (Å²) in [4.78, 5) is 27.9. The van der Waals surface area contributed by atoms with Gasteiger partial charge in [-0.25, -0.2) is 4.98 Å². The number of fused-ring (bicyclic) bond motifs is 1. The molecule has 2 aliphatic rings. The van der Waals surface area contributed by atoms with Gasteiger partial charge < -0.3 is 19.7 Å². The lowest BCUT2D eigenvalue weighted by Gasteiger charge is -2.31. The van der Waals surface area contributed by atoms with Crippen LogP contribution < -0.4 is 15.0 Å². The van der Waals surface area contributed by atoms with Gasteiger partial charge in [-0.05, 0) is 43.9 Å². The minimum absolute atomic E-state index is 0.0401. The Morgan fingerprint density at radius 1 is 1.06 bits per heavy atom. The molecule has 3 heterocycles. The van der Waals surface area contributed by atoms with Crippen LogP contribution in [0.3, 0.4) is 0 Å². The van der Waals surface area contributed by atoms with E-state index in [-0.39, 0.29) is 23.7 Å². The molecule has 1 amide bonds. The van der Waals surface area contributed by atoms with Gasteiger partial charge in [0.2, 0.25) is 0 Å². The Labute approximate surface area is 197 Å². The smallest absolute Gasteiger partial charge is 0.270 e. The zero-order valence-electron chi connectivity index (χ0n) is 18.8. The van der Waals surface area contributed by atoms with E-state index in [1.54, 1.807) is 18.5 Å². The first-order chi connectivity index (χ1) is 16.7. The Balaban J connectivity index is 1.24. The van der Waals surface area contributed by atoms with Crippen LogP contribution >= 0.6 is 0 Å². The van der Waals surface area contributed by atoms with Crippen molar-refractivity contribution in [1.82, 2.24) is 20.3 Å². The molecule has 0 atom stereocenters. The second-order valence-electron chi connectivity index (χ2n) is 8.57. The number of carbonyl (C=O) groups is 1. The highest BCUT2D eigenvalue weighted by molar-refractivity contribution is 5.92. The van der Waals surface area contributed by atoms with Crippen LogP contribution in [0.2, 0.25) is 0 Å². The fraction of sp³-hybridized carbons (Fsp3) is 0.400. The van der Waals surface area contributed by atoms with Crippen LogP contribution in [0.1, 0.15) is 41.7 Å². The van der Waals surface area contributed by atoms with Crippen LogP contribution in [0.4, 0.5) is 5.69 Å². The lowest BCUT2D eigenvalue weighted by molar-refractivity contribution is 0.0890. The summed E-state index contributed by atoms with van der Waals surface area (Å²) >= 11 is 0. The van der Waals surface area contributed by atoms with E-state index in [0.29, 0.717) is 18.8 Å². The van der Waals surface area contributed by atoms with Crippen molar-refractivity contribution in [2.24, 2.45) is 0 Å². The molecule has 9 nitrogen and oxygen atoms in total. The third-order valence-electron chi connectivity index (χ3n) is 6.32. The molecule has 2 aromatic heterocycles. The zero-order chi connectivity index (χ0) is 23.3. The maximum atomic E-state index is 12.5. The molecular formula is C25H26N6O3. The number of aromatic nitrogens is 3. The predicted molar refractivity (Wildman–Crippen MR) is 126 cm³/mol. The van der Waals surface area contributed by atoms with Gasteiger partial charge >= 0.3 is 0 Å². The minimum Gasteiger partial charge on any atom is -0.488 e. The fourth-order valence-electron chi connectivity index (χ4n) is 4.51. The van der Waals surface area contributed by atoms with Gasteiger partial charge in [0, 0.05) is 49.5 Å². The first kappa shape index (κ1) is 22.0. The monoisotopic (exact) mass is 458 g/mol. The van der Waals surface area contributed by atoms with Crippen molar-refractivity contribution < 1.29 is 14.3 Å². The van der Waals surface area contributed by atoms with Gasteiger partial charge in [-0.15, -0.1) is 0 Å². The Morgan fingerprint density at radius 2 is 1.85 bits per heavy atom. The Kier molecular flexibility index (Phi) is 6.49. The average molecular weight is 459 g/mol. The van der Waals surface area contributed by atoms with E-state index in [2.05, 4.69) is 37.3 Å². The number of nitrogens with one attached hydrogen (secondary N) is 1. The summed E-state index contributed by atoms with van der Waals surface area (Å²) in [5.74, 6) is 0.498. The van der Waals surface area contributed by atoms with Crippen molar-refractivity contribution in [3.05, 3.63) is 54.1 Å². The Hall–Kier alpha value is -3.77. The summed E-state index contributed by atoms with van der Waals surface area (Å²) in [5.41, 5.74) is 3.33. The van der Waals surface area contributed by atoms with Crippen LogP contribution in [0.25, 0.3) is 11.0 Å². The summed E-state index contributed by atoms with van der Waals surface area (Å²) in [7, 11) is 0. The molecule has 174 valence electrons. The number of pyridine rings is 1. The molecule has 0 bridgehead atoms. The van der Waals surface area contributed by atoms with Crippen LogP contribution in [-0.4, -0.2) is 59.3 Å². The van der Waals surface area contributed by atoms with Crippen molar-refractivity contribution >= 4 is 22.6 Å². The van der Waals surface area contributed by atoms with Gasteiger partial charge in [-0.1, -0.05) is 0 Å². The Morgan fingerprint density at radius 3 is 2.65 bits per heavy atom. The van der Waals surface area contributed by atoms with Crippen molar-refractivity contribution in [1.29, 1.82) is 5.26 Å². The van der Waals surface area contributed by atoms with Crippen LogP contribution in [0.15, 0.2) is 42.9 Å². The van der Waals surface area contributed by atoms with Gasteiger partial charge in [0.05, 0.1) is 36.5 Å². The van der Waals surface area contributed by atoms with Gasteiger partial charge in [0.15, 0.2) is 0 Å². The fourth-order valence-corrected chi connectivity index (χ4v) is 4.51. The van der Waals surface area contributed by atoms with E-state index in [9.17, 15) is 4.79 Å². The van der Waals surface area contributed by atoms with Crippen molar-refractivity contribution in [3.63, 3.8) is 0 Å². The van der Waals surface area contributed by atoms with Crippen LogP contribution in [-0.2, 0) is 4.74 Å². The average Bonchev–Trinajstić information content (AvgIpc) is 2.90. The number of benzene rings is 1. The molecule has 1 N–H and O–H groups in total. The first-order valence-electron chi connectivity index (χ1n) is 11.6. The predicted octanol–water partition coefficient (Wildman–Crippen LogP) is 2.85. The van der Waals surface area contributed by atoms with E-state index >= 15 is 0 Å². The summed E-state index contributed by atoms with van der Waals surface area (Å²) in [6.07, 6.45) is 8.16. The van der Waals surface area contributed by atoms with Crippen molar-refractivity contribution in [3.8, 4) is 11.8 Å². The number of amides is 1. The molecule has 5 rings (SSSR count). The summed E-state index contributed by atoms with van der Waals surface area (Å²) in [5, 5.41) is 12.1. The maximum Gasteiger partial charge on any atom is 0.270 e. The van der Waals surface area contributed by atoms with Crippen LogP contribution in [0, 0.1) is 11.3 Å². The highest BCUT2D eigenvalue weighted by Gasteiger charge is 2.25. The maximum absolute atomic E-state index is 12.5. The molecule has 2 fully saturated rings. The Bertz CT molecular complexity index is 1210. The number of carbonyl (C=O) groups excluding carboxylic acids is 1. The number of anilines is 1. The number of nitriles is 1. The molecule has 3 aromatic rings. The normalized spacial score (nSPS) is 20.5. The molecule has 9 heteroatoms. The van der Waals surface area contributed by atoms with Crippen LogP contribution in [0.5, 0.6) is 5.75 Å². The molecule has 0 spiro atoms. The number of hydrogen-bond donors (Lipinski definition) is 1. The SMILES string of the molecule is N#Cc1ccnc(C(=O)NC2CCC(Oc3cc(N4CCOCC4)cc4nccnc34)CC2)c1. The first-order valence-corrected chi connectivity index (χ1v) is 11.6. The van der Waals surface area contributed by atoms with E-state index in [1.807, 2.05) is 6.07 Å². The molecule has 1 aliphatic carbocycles. The number of rotatable bonds is 5.